The fourth-order valence-corrected chi connectivity index (χ4v) is 3.26. The number of hydrogen-bond donors (Lipinski definition) is 1. The normalized spacial score (nSPS) is 19.2. The number of carbonyl (C=O) groups is 1. The van der Waals surface area contributed by atoms with Crippen LogP contribution in [-0.4, -0.2) is 40.7 Å². The molecule has 2 rings (SSSR count). The molecule has 7 heteroatoms. The summed E-state index contributed by atoms with van der Waals surface area (Å²) in [6.07, 6.45) is 3.57. The number of aromatic nitrogens is 1. The standard InChI is InChI=1S/C13H20BrN3O2S/c1-13(2,3)19-12(18)17-6-4-5-9(17)7-15-11-16-8-10(14)20-11/h8-9H,4-7H2,1-3H3,(H,15,16). The molecule has 0 saturated carbocycles. The summed E-state index contributed by atoms with van der Waals surface area (Å²) >= 11 is 4.94. The van der Waals surface area contributed by atoms with E-state index < -0.39 is 5.60 Å². The monoisotopic (exact) mass is 361 g/mol. The molecule has 0 radical (unpaired) electrons. The highest BCUT2D eigenvalue weighted by Gasteiger charge is 2.32. The molecule has 0 aliphatic carbocycles. The lowest BCUT2D eigenvalue weighted by Gasteiger charge is -2.28. The third-order valence-corrected chi connectivity index (χ3v) is 4.41. The van der Waals surface area contributed by atoms with Gasteiger partial charge in [0.25, 0.3) is 0 Å². The highest BCUT2D eigenvalue weighted by molar-refractivity contribution is 9.11. The summed E-state index contributed by atoms with van der Waals surface area (Å²) in [5.74, 6) is 0. The Balaban J connectivity index is 1.88. The lowest BCUT2D eigenvalue weighted by atomic mass is 10.2. The zero-order valence-corrected chi connectivity index (χ0v) is 14.4. The first-order valence-electron chi connectivity index (χ1n) is 6.70. The molecule has 1 aromatic heterocycles. The van der Waals surface area contributed by atoms with E-state index in [0.29, 0.717) is 6.54 Å². The highest BCUT2D eigenvalue weighted by atomic mass is 79.9. The smallest absolute Gasteiger partial charge is 0.410 e. The van der Waals surface area contributed by atoms with Crippen molar-refractivity contribution in [1.29, 1.82) is 0 Å². The number of anilines is 1. The molecule has 1 aliphatic heterocycles. The van der Waals surface area contributed by atoms with Crippen molar-refractivity contribution < 1.29 is 9.53 Å². The number of thiazole rings is 1. The van der Waals surface area contributed by atoms with Gasteiger partial charge in [-0.15, -0.1) is 0 Å². The molecule has 20 heavy (non-hydrogen) atoms. The SMILES string of the molecule is CC(C)(C)OC(=O)N1CCCC1CNc1ncc(Br)s1. The molecular formula is C13H20BrN3O2S. The van der Waals surface area contributed by atoms with E-state index in [2.05, 4.69) is 26.2 Å². The van der Waals surface area contributed by atoms with Crippen LogP contribution in [0.25, 0.3) is 0 Å². The van der Waals surface area contributed by atoms with Crippen LogP contribution in [0.15, 0.2) is 9.98 Å². The number of amides is 1. The second-order valence-corrected chi connectivity index (χ2v) is 8.23. The summed E-state index contributed by atoms with van der Waals surface area (Å²) in [6.45, 7) is 7.14. The highest BCUT2D eigenvalue weighted by Crippen LogP contribution is 2.25. The van der Waals surface area contributed by atoms with Gasteiger partial charge in [-0.05, 0) is 49.5 Å². The Labute approximate surface area is 131 Å². The maximum atomic E-state index is 12.1. The summed E-state index contributed by atoms with van der Waals surface area (Å²) in [4.78, 5) is 18.2. The lowest BCUT2D eigenvalue weighted by Crippen LogP contribution is -2.42. The molecule has 1 atom stereocenters. The number of likely N-dealkylation sites (tertiary alicyclic amines) is 1. The van der Waals surface area contributed by atoms with Crippen molar-refractivity contribution in [2.75, 3.05) is 18.4 Å². The van der Waals surface area contributed by atoms with E-state index in [9.17, 15) is 4.79 Å². The van der Waals surface area contributed by atoms with Crippen molar-refractivity contribution in [2.24, 2.45) is 0 Å². The molecular weight excluding hydrogens is 342 g/mol. The van der Waals surface area contributed by atoms with E-state index in [1.54, 1.807) is 17.5 Å². The van der Waals surface area contributed by atoms with Crippen LogP contribution in [-0.2, 0) is 4.74 Å². The van der Waals surface area contributed by atoms with Crippen molar-refractivity contribution in [1.82, 2.24) is 9.88 Å². The molecule has 1 aromatic rings. The number of nitrogens with one attached hydrogen (secondary N) is 1. The van der Waals surface area contributed by atoms with E-state index in [4.69, 9.17) is 4.74 Å². The topological polar surface area (TPSA) is 54.5 Å². The van der Waals surface area contributed by atoms with Crippen LogP contribution in [0.1, 0.15) is 33.6 Å². The molecule has 0 bridgehead atoms. The van der Waals surface area contributed by atoms with Gasteiger partial charge in [-0.1, -0.05) is 11.3 Å². The van der Waals surface area contributed by atoms with Crippen LogP contribution in [0.3, 0.4) is 0 Å². The Morgan fingerprint density at radius 3 is 3.00 bits per heavy atom. The van der Waals surface area contributed by atoms with Crippen molar-refractivity contribution in [3.8, 4) is 0 Å². The first kappa shape index (κ1) is 15.6. The molecule has 1 saturated heterocycles. The van der Waals surface area contributed by atoms with Gasteiger partial charge in [0, 0.05) is 13.1 Å². The molecule has 112 valence electrons. The molecule has 2 heterocycles. The van der Waals surface area contributed by atoms with Gasteiger partial charge in [0.05, 0.1) is 16.0 Å². The summed E-state index contributed by atoms with van der Waals surface area (Å²) < 4.78 is 6.44. The van der Waals surface area contributed by atoms with Gasteiger partial charge in [-0.25, -0.2) is 9.78 Å². The zero-order valence-electron chi connectivity index (χ0n) is 12.0. The van der Waals surface area contributed by atoms with E-state index >= 15 is 0 Å². The minimum Gasteiger partial charge on any atom is -0.444 e. The zero-order chi connectivity index (χ0) is 14.8. The van der Waals surface area contributed by atoms with Crippen molar-refractivity contribution in [3.05, 3.63) is 9.98 Å². The fraction of sp³-hybridized carbons (Fsp3) is 0.692. The molecule has 1 fully saturated rings. The van der Waals surface area contributed by atoms with Crippen molar-refractivity contribution >= 4 is 38.5 Å². The van der Waals surface area contributed by atoms with Gasteiger partial charge < -0.3 is 15.0 Å². The van der Waals surface area contributed by atoms with Crippen LogP contribution in [0.2, 0.25) is 0 Å². The quantitative estimate of drug-likeness (QED) is 0.891. The summed E-state index contributed by atoms with van der Waals surface area (Å²) in [5, 5.41) is 4.15. The Bertz CT molecular complexity index is 472. The minimum absolute atomic E-state index is 0.174. The van der Waals surface area contributed by atoms with Crippen LogP contribution < -0.4 is 5.32 Å². The minimum atomic E-state index is -0.447. The first-order valence-corrected chi connectivity index (χ1v) is 8.31. The molecule has 1 N–H and O–H groups in total. The molecule has 1 unspecified atom stereocenters. The molecule has 0 aromatic carbocycles. The third kappa shape index (κ3) is 4.34. The van der Waals surface area contributed by atoms with Gasteiger partial charge in [0.2, 0.25) is 0 Å². The maximum absolute atomic E-state index is 12.1. The van der Waals surface area contributed by atoms with E-state index in [0.717, 1.165) is 28.3 Å². The number of hydrogen-bond acceptors (Lipinski definition) is 5. The Kier molecular flexibility index (Phi) is 4.90. The maximum Gasteiger partial charge on any atom is 0.410 e. The summed E-state index contributed by atoms with van der Waals surface area (Å²) in [6, 6.07) is 0.174. The number of carbonyl (C=O) groups excluding carboxylic acids is 1. The number of ether oxygens (including phenoxy) is 1. The van der Waals surface area contributed by atoms with Gasteiger partial charge >= 0.3 is 6.09 Å². The van der Waals surface area contributed by atoms with Crippen molar-refractivity contribution in [3.63, 3.8) is 0 Å². The predicted octanol–water partition coefficient (Wildman–Crippen LogP) is 3.72. The van der Waals surface area contributed by atoms with Gasteiger partial charge in [-0.2, -0.15) is 0 Å². The second kappa shape index (κ2) is 6.30. The molecule has 1 amide bonds. The molecule has 0 spiro atoms. The first-order chi connectivity index (χ1) is 9.35. The van der Waals surface area contributed by atoms with Crippen LogP contribution in [0.5, 0.6) is 0 Å². The van der Waals surface area contributed by atoms with Gasteiger partial charge in [-0.3, -0.25) is 0 Å². The average Bonchev–Trinajstić information content (AvgIpc) is 2.92. The van der Waals surface area contributed by atoms with Gasteiger partial charge in [0.15, 0.2) is 5.13 Å². The number of rotatable bonds is 3. The second-order valence-electron chi connectivity index (χ2n) is 5.82. The average molecular weight is 362 g/mol. The van der Waals surface area contributed by atoms with Crippen molar-refractivity contribution in [2.45, 2.75) is 45.3 Å². The lowest BCUT2D eigenvalue weighted by molar-refractivity contribution is 0.0235. The predicted molar refractivity (Wildman–Crippen MR) is 84.3 cm³/mol. The molecule has 1 aliphatic rings. The van der Waals surface area contributed by atoms with Crippen LogP contribution >= 0.6 is 27.3 Å². The Morgan fingerprint density at radius 2 is 2.40 bits per heavy atom. The summed E-state index contributed by atoms with van der Waals surface area (Å²) in [7, 11) is 0. The van der Waals surface area contributed by atoms with Crippen LogP contribution in [0.4, 0.5) is 9.93 Å². The number of nitrogens with zero attached hydrogens (tertiary/aromatic N) is 2. The van der Waals surface area contributed by atoms with E-state index in [1.807, 2.05) is 25.7 Å². The van der Waals surface area contributed by atoms with E-state index in [1.165, 1.54) is 0 Å². The Hall–Kier alpha value is -0.820. The van der Waals surface area contributed by atoms with E-state index in [-0.39, 0.29) is 12.1 Å². The van der Waals surface area contributed by atoms with Crippen LogP contribution in [0, 0.1) is 0 Å². The largest absolute Gasteiger partial charge is 0.444 e. The summed E-state index contributed by atoms with van der Waals surface area (Å²) in [5.41, 5.74) is -0.447. The Morgan fingerprint density at radius 1 is 1.65 bits per heavy atom. The molecule has 5 nitrogen and oxygen atoms in total. The van der Waals surface area contributed by atoms with Gasteiger partial charge in [0.1, 0.15) is 5.60 Å². The third-order valence-electron chi connectivity index (χ3n) is 2.97. The number of halogens is 1. The fourth-order valence-electron chi connectivity index (χ4n) is 2.15.